The zero-order valence-corrected chi connectivity index (χ0v) is 17.8. The number of nitrogens with one attached hydrogen (secondary N) is 2. The molecular formula is C22H17FN4O2S2. The van der Waals surface area contributed by atoms with E-state index in [-0.39, 0.29) is 23.4 Å². The molecular weight excluding hydrogens is 435 g/mol. The summed E-state index contributed by atoms with van der Waals surface area (Å²) in [5, 5.41) is 15.9. The second-order valence-corrected chi connectivity index (χ2v) is 8.78. The van der Waals surface area contributed by atoms with E-state index in [2.05, 4.69) is 20.8 Å². The van der Waals surface area contributed by atoms with E-state index in [0.29, 0.717) is 21.6 Å². The molecule has 9 heteroatoms. The lowest BCUT2D eigenvalue weighted by Crippen LogP contribution is -2.24. The van der Waals surface area contributed by atoms with Gasteiger partial charge in [-0.15, -0.1) is 10.2 Å². The number of nitrogens with zero attached hydrogens (tertiary/aromatic N) is 2. The van der Waals surface area contributed by atoms with Crippen molar-refractivity contribution in [3.63, 3.8) is 0 Å². The standard InChI is InChI=1S/C22H17FN4O2S2/c23-18-9-5-14(6-10-18)12-24-19(28)13-30-22-27-26-21(31-22)25-20(29)17-8-7-15-3-1-2-4-16(15)11-17/h1-11H,12-13H2,(H,24,28)(H,25,26,29). The van der Waals surface area contributed by atoms with Gasteiger partial charge in [-0.05, 0) is 40.6 Å². The van der Waals surface area contributed by atoms with E-state index >= 15 is 0 Å². The van der Waals surface area contributed by atoms with Gasteiger partial charge >= 0.3 is 0 Å². The van der Waals surface area contributed by atoms with Crippen molar-refractivity contribution in [2.75, 3.05) is 11.1 Å². The molecule has 0 unspecified atom stereocenters. The molecule has 0 aliphatic rings. The molecule has 0 aliphatic heterocycles. The third-order valence-corrected chi connectivity index (χ3v) is 6.34. The van der Waals surface area contributed by atoms with Crippen LogP contribution in [0.15, 0.2) is 71.1 Å². The predicted octanol–water partition coefficient (Wildman–Crippen LogP) is 4.49. The normalized spacial score (nSPS) is 10.7. The van der Waals surface area contributed by atoms with E-state index in [1.54, 1.807) is 18.2 Å². The molecule has 6 nitrogen and oxygen atoms in total. The number of halogens is 1. The van der Waals surface area contributed by atoms with Gasteiger partial charge in [0, 0.05) is 12.1 Å². The molecule has 4 aromatic rings. The smallest absolute Gasteiger partial charge is 0.257 e. The van der Waals surface area contributed by atoms with Gasteiger partial charge in [0.2, 0.25) is 11.0 Å². The van der Waals surface area contributed by atoms with Gasteiger partial charge < -0.3 is 5.32 Å². The van der Waals surface area contributed by atoms with Gasteiger partial charge in [0.25, 0.3) is 5.91 Å². The maximum atomic E-state index is 12.9. The number of hydrogen-bond acceptors (Lipinski definition) is 6. The highest BCUT2D eigenvalue weighted by atomic mass is 32.2. The number of fused-ring (bicyclic) bond motifs is 1. The van der Waals surface area contributed by atoms with Crippen molar-refractivity contribution in [3.8, 4) is 0 Å². The molecule has 0 saturated heterocycles. The highest BCUT2D eigenvalue weighted by Gasteiger charge is 2.12. The van der Waals surface area contributed by atoms with Crippen LogP contribution in [0.3, 0.4) is 0 Å². The largest absolute Gasteiger partial charge is 0.351 e. The summed E-state index contributed by atoms with van der Waals surface area (Å²) >= 11 is 2.44. The summed E-state index contributed by atoms with van der Waals surface area (Å²) in [6.07, 6.45) is 0. The van der Waals surface area contributed by atoms with Gasteiger partial charge in [0.15, 0.2) is 4.34 Å². The molecule has 0 fully saturated rings. The molecule has 0 bridgehead atoms. The van der Waals surface area contributed by atoms with Gasteiger partial charge in [-0.3, -0.25) is 14.9 Å². The van der Waals surface area contributed by atoms with Gasteiger partial charge in [-0.2, -0.15) is 0 Å². The topological polar surface area (TPSA) is 84.0 Å². The molecule has 1 aromatic heterocycles. The van der Waals surface area contributed by atoms with Crippen LogP contribution in [0.2, 0.25) is 0 Å². The van der Waals surface area contributed by atoms with Gasteiger partial charge in [0.05, 0.1) is 5.75 Å². The molecule has 3 aromatic carbocycles. The van der Waals surface area contributed by atoms with Crippen LogP contribution in [0.4, 0.5) is 9.52 Å². The van der Waals surface area contributed by atoms with Crippen LogP contribution in [-0.4, -0.2) is 27.8 Å². The summed E-state index contributed by atoms with van der Waals surface area (Å²) in [4.78, 5) is 24.5. The average molecular weight is 453 g/mol. The van der Waals surface area contributed by atoms with Crippen LogP contribution in [-0.2, 0) is 11.3 Å². The Hall–Kier alpha value is -3.30. The van der Waals surface area contributed by atoms with Crippen molar-refractivity contribution >= 4 is 50.8 Å². The number of aromatic nitrogens is 2. The van der Waals surface area contributed by atoms with Crippen LogP contribution in [0.1, 0.15) is 15.9 Å². The molecule has 0 atom stereocenters. The molecule has 2 amide bonds. The monoisotopic (exact) mass is 452 g/mol. The van der Waals surface area contributed by atoms with E-state index in [9.17, 15) is 14.0 Å². The number of hydrogen-bond donors (Lipinski definition) is 2. The summed E-state index contributed by atoms with van der Waals surface area (Å²) in [6.45, 7) is 0.322. The SMILES string of the molecule is O=C(CSc1nnc(NC(=O)c2ccc3ccccc3c2)s1)NCc1ccc(F)cc1. The molecule has 4 rings (SSSR count). The minimum atomic E-state index is -0.314. The second-order valence-electron chi connectivity index (χ2n) is 6.58. The third-order valence-electron chi connectivity index (χ3n) is 4.37. The minimum Gasteiger partial charge on any atom is -0.351 e. The van der Waals surface area contributed by atoms with Gasteiger partial charge in [-0.25, -0.2) is 4.39 Å². The zero-order valence-electron chi connectivity index (χ0n) is 16.2. The fourth-order valence-electron chi connectivity index (χ4n) is 2.80. The number of anilines is 1. The highest BCUT2D eigenvalue weighted by Crippen LogP contribution is 2.26. The molecule has 2 N–H and O–H groups in total. The fraction of sp³-hybridized carbons (Fsp3) is 0.0909. The molecule has 0 aliphatic carbocycles. The first-order valence-corrected chi connectivity index (χ1v) is 11.1. The molecule has 0 spiro atoms. The number of rotatable bonds is 7. The lowest BCUT2D eigenvalue weighted by Gasteiger charge is -2.04. The number of amides is 2. The van der Waals surface area contributed by atoms with Crippen molar-refractivity contribution in [2.45, 2.75) is 10.9 Å². The van der Waals surface area contributed by atoms with Crippen molar-refractivity contribution in [3.05, 3.63) is 83.7 Å². The Morgan fingerprint density at radius 2 is 1.74 bits per heavy atom. The molecule has 0 radical (unpaired) electrons. The van der Waals surface area contributed by atoms with Crippen LogP contribution in [0.25, 0.3) is 10.8 Å². The Bertz CT molecular complexity index is 1230. The second kappa shape index (κ2) is 9.67. The molecule has 0 saturated carbocycles. The van der Waals surface area contributed by atoms with Crippen molar-refractivity contribution in [2.24, 2.45) is 0 Å². The lowest BCUT2D eigenvalue weighted by atomic mass is 10.1. The van der Waals surface area contributed by atoms with E-state index in [1.165, 1.54) is 35.2 Å². The first kappa shape index (κ1) is 21.0. The molecule has 1 heterocycles. The number of thioether (sulfide) groups is 1. The first-order valence-electron chi connectivity index (χ1n) is 9.34. The van der Waals surface area contributed by atoms with E-state index in [0.717, 1.165) is 16.3 Å². The van der Waals surface area contributed by atoms with E-state index in [1.807, 2.05) is 36.4 Å². The molecule has 156 valence electrons. The number of carbonyl (C=O) groups is 2. The Balaban J connectivity index is 1.28. The van der Waals surface area contributed by atoms with E-state index < -0.39 is 0 Å². The highest BCUT2D eigenvalue weighted by molar-refractivity contribution is 8.01. The zero-order chi connectivity index (χ0) is 21.6. The number of carbonyl (C=O) groups excluding carboxylic acids is 2. The van der Waals surface area contributed by atoms with Crippen molar-refractivity contribution < 1.29 is 14.0 Å². The third kappa shape index (κ3) is 5.65. The van der Waals surface area contributed by atoms with Crippen molar-refractivity contribution in [1.29, 1.82) is 0 Å². The van der Waals surface area contributed by atoms with Gasteiger partial charge in [-0.1, -0.05) is 65.6 Å². The summed E-state index contributed by atoms with van der Waals surface area (Å²) in [5.74, 6) is -0.596. The van der Waals surface area contributed by atoms with E-state index in [4.69, 9.17) is 0 Å². The van der Waals surface area contributed by atoms with Crippen LogP contribution in [0.5, 0.6) is 0 Å². The summed E-state index contributed by atoms with van der Waals surface area (Å²) in [7, 11) is 0. The Morgan fingerprint density at radius 1 is 0.968 bits per heavy atom. The maximum absolute atomic E-state index is 12.9. The number of benzene rings is 3. The maximum Gasteiger partial charge on any atom is 0.257 e. The Kier molecular flexibility index (Phi) is 6.54. The molecule has 31 heavy (non-hydrogen) atoms. The average Bonchev–Trinajstić information content (AvgIpc) is 3.24. The first-order chi connectivity index (χ1) is 15.1. The van der Waals surface area contributed by atoms with Crippen LogP contribution >= 0.6 is 23.1 Å². The summed E-state index contributed by atoms with van der Waals surface area (Å²) in [6, 6.07) is 19.3. The Morgan fingerprint density at radius 3 is 2.55 bits per heavy atom. The Labute approximate surface area is 185 Å². The van der Waals surface area contributed by atoms with Crippen LogP contribution < -0.4 is 10.6 Å². The lowest BCUT2D eigenvalue weighted by molar-refractivity contribution is -0.118. The fourth-order valence-corrected chi connectivity index (χ4v) is 4.38. The van der Waals surface area contributed by atoms with Crippen molar-refractivity contribution in [1.82, 2.24) is 15.5 Å². The minimum absolute atomic E-state index is 0.161. The summed E-state index contributed by atoms with van der Waals surface area (Å²) in [5.41, 5.74) is 1.35. The van der Waals surface area contributed by atoms with Gasteiger partial charge in [0.1, 0.15) is 5.82 Å². The summed E-state index contributed by atoms with van der Waals surface area (Å²) < 4.78 is 13.5. The van der Waals surface area contributed by atoms with Crippen LogP contribution in [0, 0.1) is 5.82 Å². The quantitative estimate of drug-likeness (QED) is 0.319. The predicted molar refractivity (Wildman–Crippen MR) is 121 cm³/mol.